The maximum absolute atomic E-state index is 2.51. The number of hydrogen-bond donors (Lipinski definition) is 0. The molecule has 6 heteroatoms. The minimum absolute atomic E-state index is 1.24. The van der Waals surface area contributed by atoms with Gasteiger partial charge in [0, 0.05) is 72.1 Å². The Morgan fingerprint density at radius 1 is 0.296 bits per heavy atom. The minimum atomic E-state index is 1.24. The Balaban J connectivity index is 1.03. The normalized spacial score (nSPS) is 13.0. The zero-order valence-electron chi connectivity index (χ0n) is 28.5. The van der Waals surface area contributed by atoms with Crippen molar-refractivity contribution in [3.8, 4) is 11.4 Å². The molecule has 8 aromatic carbocycles. The van der Waals surface area contributed by atoms with Crippen LogP contribution >= 0.6 is 46.2 Å². The summed E-state index contributed by atoms with van der Waals surface area (Å²) in [5.41, 5.74) is 7.49. The molecule has 0 amide bonds. The van der Waals surface area contributed by atoms with E-state index < -0.39 is 0 Å². The first-order valence-electron chi connectivity index (χ1n) is 18.1. The molecule has 0 radical (unpaired) electrons. The van der Waals surface area contributed by atoms with Gasteiger partial charge in [-0.05, 0) is 60.7 Å². The van der Waals surface area contributed by atoms with Crippen molar-refractivity contribution in [3.05, 3.63) is 158 Å². The number of rotatable bonds is 2. The van der Waals surface area contributed by atoms with Gasteiger partial charge in [0.2, 0.25) is 0 Å². The molecule has 0 spiro atoms. The van der Waals surface area contributed by atoms with E-state index in [1.54, 1.807) is 0 Å². The van der Waals surface area contributed by atoms with E-state index in [9.17, 15) is 0 Å². The Kier molecular flexibility index (Phi) is 6.11. The van der Waals surface area contributed by atoms with Crippen LogP contribution in [0.25, 0.3) is 95.3 Å². The van der Waals surface area contributed by atoms with Crippen LogP contribution in [0.3, 0.4) is 0 Å². The van der Waals surface area contributed by atoms with Gasteiger partial charge in [0.1, 0.15) is 0 Å². The lowest BCUT2D eigenvalue weighted by Gasteiger charge is -2.20. The zero-order valence-corrected chi connectivity index (χ0v) is 31.8. The SMILES string of the molecule is c1ccc2c(c1)sc1c(-n3c4ccccc4c4cc5c(cc43)Sc3cc4c6ccccc6n(-c6cccc7c6sc6ccccc67)c4cc3S5)cccc12. The van der Waals surface area contributed by atoms with E-state index in [0.29, 0.717) is 0 Å². The van der Waals surface area contributed by atoms with Gasteiger partial charge >= 0.3 is 0 Å². The molecule has 1 aliphatic rings. The Morgan fingerprint density at radius 2 is 0.685 bits per heavy atom. The third-order valence-electron chi connectivity index (χ3n) is 11.2. The largest absolute Gasteiger partial charge is 0.308 e. The third-order valence-corrected chi connectivity index (χ3v) is 16.1. The summed E-state index contributed by atoms with van der Waals surface area (Å²) in [6.07, 6.45) is 0. The highest BCUT2D eigenvalue weighted by molar-refractivity contribution is 8.05. The van der Waals surface area contributed by atoms with Crippen molar-refractivity contribution in [1.29, 1.82) is 0 Å². The lowest BCUT2D eigenvalue weighted by atomic mass is 10.1. The van der Waals surface area contributed by atoms with Crippen LogP contribution in [0.4, 0.5) is 0 Å². The highest BCUT2D eigenvalue weighted by atomic mass is 32.2. The topological polar surface area (TPSA) is 9.86 Å². The molecule has 252 valence electrons. The summed E-state index contributed by atoms with van der Waals surface area (Å²) >= 11 is 7.62. The van der Waals surface area contributed by atoms with Crippen LogP contribution in [0.2, 0.25) is 0 Å². The van der Waals surface area contributed by atoms with Crippen LogP contribution in [-0.4, -0.2) is 9.13 Å². The highest BCUT2D eigenvalue weighted by Crippen LogP contribution is 2.53. The molecule has 1 aliphatic heterocycles. The molecule has 0 unspecified atom stereocenters. The predicted octanol–water partition coefficient (Wildman–Crippen LogP) is 15.2. The Hall–Kier alpha value is -5.50. The Morgan fingerprint density at radius 3 is 1.17 bits per heavy atom. The standard InChI is InChI=1S/C48H26N2S4/c1-5-17-35-27(11-1)33-23-43-45(25-39(33)49(35)37-19-9-15-31-29-13-3-7-21-41(29)53-47(31)37)52-44-24-34-28-12-2-6-18-36(28)50(40(34)26-46(44)51-43)38-20-10-16-32-30-14-4-8-22-42(30)54-48(32)38/h1-26H. The molecule has 5 heterocycles. The van der Waals surface area contributed by atoms with Gasteiger partial charge in [0.15, 0.2) is 0 Å². The predicted molar refractivity (Wildman–Crippen MR) is 236 cm³/mol. The fourth-order valence-electron chi connectivity index (χ4n) is 8.84. The molecule has 13 rings (SSSR count). The molecule has 0 atom stereocenters. The summed E-state index contributed by atoms with van der Waals surface area (Å²) in [4.78, 5) is 5.25. The average molecular weight is 759 g/mol. The summed E-state index contributed by atoms with van der Waals surface area (Å²) in [7, 11) is 0. The summed E-state index contributed by atoms with van der Waals surface area (Å²) in [6, 6.07) is 58.8. The van der Waals surface area contributed by atoms with E-state index in [-0.39, 0.29) is 0 Å². The summed E-state index contributed by atoms with van der Waals surface area (Å²) < 4.78 is 10.3. The lowest BCUT2D eigenvalue weighted by Crippen LogP contribution is -1.96. The van der Waals surface area contributed by atoms with Crippen LogP contribution in [0.1, 0.15) is 0 Å². The van der Waals surface area contributed by atoms with Gasteiger partial charge in [0.05, 0.1) is 42.8 Å². The van der Waals surface area contributed by atoms with Crippen LogP contribution in [0, 0.1) is 0 Å². The molecule has 0 bridgehead atoms. The fourth-order valence-corrected chi connectivity index (χ4v) is 13.6. The van der Waals surface area contributed by atoms with Gasteiger partial charge in [-0.2, -0.15) is 0 Å². The number of aromatic nitrogens is 2. The molecule has 2 nitrogen and oxygen atoms in total. The van der Waals surface area contributed by atoms with E-state index in [1.165, 1.54) is 115 Å². The van der Waals surface area contributed by atoms with Gasteiger partial charge in [-0.25, -0.2) is 0 Å². The van der Waals surface area contributed by atoms with Crippen molar-refractivity contribution >= 4 is 130 Å². The monoisotopic (exact) mass is 758 g/mol. The van der Waals surface area contributed by atoms with Crippen LogP contribution in [0.5, 0.6) is 0 Å². The van der Waals surface area contributed by atoms with Gasteiger partial charge in [0.25, 0.3) is 0 Å². The van der Waals surface area contributed by atoms with Gasteiger partial charge in [-0.3, -0.25) is 0 Å². The number of nitrogens with zero attached hydrogens (tertiary/aromatic N) is 2. The van der Waals surface area contributed by atoms with Crippen molar-refractivity contribution in [1.82, 2.24) is 9.13 Å². The molecular formula is C48H26N2S4. The van der Waals surface area contributed by atoms with E-state index in [2.05, 4.69) is 167 Å². The van der Waals surface area contributed by atoms with Crippen molar-refractivity contribution in [2.75, 3.05) is 0 Å². The van der Waals surface area contributed by atoms with Crippen LogP contribution in [0.15, 0.2) is 177 Å². The molecule has 0 aliphatic carbocycles. The lowest BCUT2D eigenvalue weighted by molar-refractivity contribution is 1.14. The maximum atomic E-state index is 2.51. The van der Waals surface area contributed by atoms with Gasteiger partial charge in [-0.1, -0.05) is 121 Å². The quantitative estimate of drug-likeness (QED) is 0.174. The van der Waals surface area contributed by atoms with Crippen molar-refractivity contribution in [2.45, 2.75) is 19.6 Å². The second-order valence-electron chi connectivity index (χ2n) is 14.0. The Labute approximate surface area is 325 Å². The summed E-state index contributed by atoms with van der Waals surface area (Å²) in [6.45, 7) is 0. The van der Waals surface area contributed by atoms with Crippen molar-refractivity contribution < 1.29 is 0 Å². The molecule has 12 aromatic rings. The first-order chi connectivity index (χ1) is 26.8. The number of thiophene rings is 2. The first-order valence-corrected chi connectivity index (χ1v) is 21.3. The van der Waals surface area contributed by atoms with Gasteiger partial charge in [-0.15, -0.1) is 22.7 Å². The zero-order chi connectivity index (χ0) is 35.1. The molecule has 0 saturated heterocycles. The molecule has 0 fully saturated rings. The van der Waals surface area contributed by atoms with Crippen LogP contribution < -0.4 is 0 Å². The van der Waals surface area contributed by atoms with Crippen molar-refractivity contribution in [2.24, 2.45) is 0 Å². The maximum Gasteiger partial charge on any atom is 0.0640 e. The molecule has 0 saturated carbocycles. The number of hydrogen-bond acceptors (Lipinski definition) is 4. The number of benzene rings is 8. The second kappa shape index (κ2) is 11.0. The average Bonchev–Trinajstić information content (AvgIpc) is 3.96. The smallest absolute Gasteiger partial charge is 0.0640 e. The number of fused-ring (bicyclic) bond motifs is 14. The molecule has 54 heavy (non-hydrogen) atoms. The Bertz CT molecular complexity index is 3340. The molecule has 4 aromatic heterocycles. The van der Waals surface area contributed by atoms with E-state index in [0.717, 1.165) is 0 Å². The minimum Gasteiger partial charge on any atom is -0.308 e. The van der Waals surface area contributed by atoms with Crippen molar-refractivity contribution in [3.63, 3.8) is 0 Å². The second-order valence-corrected chi connectivity index (χ2v) is 18.3. The first kappa shape index (κ1) is 29.9. The van der Waals surface area contributed by atoms with E-state index in [4.69, 9.17) is 0 Å². The van der Waals surface area contributed by atoms with E-state index >= 15 is 0 Å². The van der Waals surface area contributed by atoms with Gasteiger partial charge < -0.3 is 9.13 Å². The van der Waals surface area contributed by atoms with E-state index in [1.807, 2.05) is 46.2 Å². The number of para-hydroxylation sites is 2. The molecule has 0 N–H and O–H groups in total. The summed E-state index contributed by atoms with van der Waals surface area (Å²) in [5.74, 6) is 0. The third kappa shape index (κ3) is 4.03. The highest BCUT2D eigenvalue weighted by Gasteiger charge is 2.25. The summed E-state index contributed by atoms with van der Waals surface area (Å²) in [5, 5.41) is 10.5. The van der Waals surface area contributed by atoms with Crippen LogP contribution in [-0.2, 0) is 0 Å². The fraction of sp³-hybridized carbons (Fsp3) is 0. The molecular weight excluding hydrogens is 733 g/mol.